The molecule has 0 atom stereocenters. The lowest BCUT2D eigenvalue weighted by atomic mass is 10.3. The fourth-order valence-corrected chi connectivity index (χ4v) is 2.27. The Kier molecular flexibility index (Phi) is 8.41. The standard InChI is InChI=1S/C14H30N6/c1-4-18(5-2)8-7-9-19(6-3)10-11-20-13-14(12-15)16-17-20/h13H,4-12,15H2,1-3H3. The summed E-state index contributed by atoms with van der Waals surface area (Å²) < 4.78 is 1.88. The van der Waals surface area contributed by atoms with Crippen molar-refractivity contribution in [3.63, 3.8) is 0 Å². The van der Waals surface area contributed by atoms with Gasteiger partial charge in [-0.25, -0.2) is 0 Å². The topological polar surface area (TPSA) is 63.2 Å². The average Bonchev–Trinajstić information content (AvgIpc) is 2.95. The summed E-state index contributed by atoms with van der Waals surface area (Å²) in [5, 5.41) is 8.09. The van der Waals surface area contributed by atoms with Crippen LogP contribution < -0.4 is 5.73 Å². The Hall–Kier alpha value is -0.980. The first kappa shape index (κ1) is 17.1. The second-order valence-electron chi connectivity index (χ2n) is 4.99. The predicted octanol–water partition coefficient (Wildman–Crippen LogP) is 0.791. The van der Waals surface area contributed by atoms with Crippen molar-refractivity contribution in [1.29, 1.82) is 0 Å². The van der Waals surface area contributed by atoms with Crippen LogP contribution in [0.15, 0.2) is 6.20 Å². The molecule has 0 saturated carbocycles. The van der Waals surface area contributed by atoms with E-state index < -0.39 is 0 Å². The molecule has 116 valence electrons. The third kappa shape index (κ3) is 5.98. The third-order valence-corrected chi connectivity index (χ3v) is 3.73. The lowest BCUT2D eigenvalue weighted by molar-refractivity contribution is 0.235. The van der Waals surface area contributed by atoms with Crippen LogP contribution in [-0.4, -0.2) is 64.1 Å². The van der Waals surface area contributed by atoms with Crippen molar-refractivity contribution in [2.24, 2.45) is 5.73 Å². The van der Waals surface area contributed by atoms with Gasteiger partial charge in [-0.3, -0.25) is 4.68 Å². The zero-order valence-electron chi connectivity index (χ0n) is 13.3. The molecule has 20 heavy (non-hydrogen) atoms. The summed E-state index contributed by atoms with van der Waals surface area (Å²) in [6, 6.07) is 0. The van der Waals surface area contributed by atoms with E-state index in [1.54, 1.807) is 0 Å². The molecule has 0 unspecified atom stereocenters. The third-order valence-electron chi connectivity index (χ3n) is 3.73. The van der Waals surface area contributed by atoms with Crippen molar-refractivity contribution in [3.05, 3.63) is 11.9 Å². The Morgan fingerprint density at radius 1 is 1.05 bits per heavy atom. The molecule has 1 aromatic rings. The van der Waals surface area contributed by atoms with E-state index in [0.29, 0.717) is 6.54 Å². The summed E-state index contributed by atoms with van der Waals surface area (Å²) in [4.78, 5) is 4.94. The van der Waals surface area contributed by atoms with E-state index in [2.05, 4.69) is 40.9 Å². The Morgan fingerprint density at radius 3 is 2.25 bits per heavy atom. The molecule has 0 saturated heterocycles. The molecule has 6 nitrogen and oxygen atoms in total. The highest BCUT2D eigenvalue weighted by Crippen LogP contribution is 1.97. The van der Waals surface area contributed by atoms with Gasteiger partial charge in [-0.05, 0) is 39.1 Å². The van der Waals surface area contributed by atoms with E-state index in [4.69, 9.17) is 5.73 Å². The van der Waals surface area contributed by atoms with Gasteiger partial charge in [0.2, 0.25) is 0 Å². The van der Waals surface area contributed by atoms with Crippen LogP contribution >= 0.6 is 0 Å². The normalized spacial score (nSPS) is 11.7. The van der Waals surface area contributed by atoms with Crippen LogP contribution in [0.4, 0.5) is 0 Å². The van der Waals surface area contributed by atoms with Gasteiger partial charge in [-0.2, -0.15) is 0 Å². The van der Waals surface area contributed by atoms with Gasteiger partial charge in [0.25, 0.3) is 0 Å². The van der Waals surface area contributed by atoms with Gasteiger partial charge >= 0.3 is 0 Å². The smallest absolute Gasteiger partial charge is 0.0962 e. The van der Waals surface area contributed by atoms with E-state index in [1.165, 1.54) is 13.0 Å². The molecular formula is C14H30N6. The minimum absolute atomic E-state index is 0.460. The minimum Gasteiger partial charge on any atom is -0.325 e. The molecule has 1 aromatic heterocycles. The average molecular weight is 282 g/mol. The Morgan fingerprint density at radius 2 is 1.70 bits per heavy atom. The molecule has 0 bridgehead atoms. The summed E-state index contributed by atoms with van der Waals surface area (Å²) in [6.45, 7) is 14.7. The maximum atomic E-state index is 5.53. The number of nitrogens with zero attached hydrogens (tertiary/aromatic N) is 5. The number of aromatic nitrogens is 3. The number of nitrogens with two attached hydrogens (primary N) is 1. The van der Waals surface area contributed by atoms with E-state index >= 15 is 0 Å². The van der Waals surface area contributed by atoms with Crippen molar-refractivity contribution in [1.82, 2.24) is 24.8 Å². The highest BCUT2D eigenvalue weighted by Gasteiger charge is 2.05. The minimum atomic E-state index is 0.460. The zero-order valence-corrected chi connectivity index (χ0v) is 13.3. The maximum Gasteiger partial charge on any atom is 0.0962 e. The molecule has 0 aliphatic rings. The lowest BCUT2D eigenvalue weighted by Gasteiger charge is -2.23. The van der Waals surface area contributed by atoms with Crippen LogP contribution in [0, 0.1) is 0 Å². The molecular weight excluding hydrogens is 252 g/mol. The van der Waals surface area contributed by atoms with E-state index in [1.807, 2.05) is 10.9 Å². The molecule has 0 radical (unpaired) electrons. The fourth-order valence-electron chi connectivity index (χ4n) is 2.27. The van der Waals surface area contributed by atoms with Crippen molar-refractivity contribution < 1.29 is 0 Å². The van der Waals surface area contributed by atoms with Gasteiger partial charge in [-0.1, -0.05) is 26.0 Å². The van der Waals surface area contributed by atoms with Crippen LogP contribution in [0.2, 0.25) is 0 Å². The molecule has 0 spiro atoms. The quantitative estimate of drug-likeness (QED) is 0.650. The molecule has 1 rings (SSSR count). The zero-order chi connectivity index (χ0) is 14.8. The largest absolute Gasteiger partial charge is 0.325 e. The van der Waals surface area contributed by atoms with Gasteiger partial charge in [-0.15, -0.1) is 5.10 Å². The van der Waals surface area contributed by atoms with Crippen LogP contribution in [0.1, 0.15) is 32.9 Å². The second-order valence-corrected chi connectivity index (χ2v) is 4.99. The number of hydrogen-bond acceptors (Lipinski definition) is 5. The van der Waals surface area contributed by atoms with Crippen LogP contribution in [0.5, 0.6) is 0 Å². The number of rotatable bonds is 11. The predicted molar refractivity (Wildman–Crippen MR) is 82.4 cm³/mol. The molecule has 1 heterocycles. The van der Waals surface area contributed by atoms with Crippen molar-refractivity contribution in [3.8, 4) is 0 Å². The van der Waals surface area contributed by atoms with Crippen molar-refractivity contribution >= 4 is 0 Å². The van der Waals surface area contributed by atoms with E-state index in [9.17, 15) is 0 Å². The van der Waals surface area contributed by atoms with E-state index in [0.717, 1.165) is 45.0 Å². The lowest BCUT2D eigenvalue weighted by Crippen LogP contribution is -2.32. The molecule has 0 aromatic carbocycles. The SMILES string of the molecule is CCN(CC)CCCN(CC)CCn1cc(CN)nn1. The fraction of sp³-hybridized carbons (Fsp3) is 0.857. The summed E-state index contributed by atoms with van der Waals surface area (Å²) in [7, 11) is 0. The van der Waals surface area contributed by atoms with Crippen molar-refractivity contribution in [2.75, 3.05) is 39.3 Å². The van der Waals surface area contributed by atoms with Gasteiger partial charge < -0.3 is 15.5 Å². The Balaban J connectivity index is 2.25. The van der Waals surface area contributed by atoms with Gasteiger partial charge in [0.15, 0.2) is 0 Å². The summed E-state index contributed by atoms with van der Waals surface area (Å²) >= 11 is 0. The highest BCUT2D eigenvalue weighted by molar-refractivity contribution is 4.90. The van der Waals surface area contributed by atoms with Crippen molar-refractivity contribution in [2.45, 2.75) is 40.3 Å². The number of hydrogen-bond donors (Lipinski definition) is 1. The molecule has 2 N–H and O–H groups in total. The Bertz CT molecular complexity index is 347. The molecule has 6 heteroatoms. The molecule has 0 aliphatic heterocycles. The molecule has 0 fully saturated rings. The van der Waals surface area contributed by atoms with Gasteiger partial charge in [0, 0.05) is 19.3 Å². The maximum absolute atomic E-state index is 5.53. The summed E-state index contributed by atoms with van der Waals surface area (Å²) in [6.07, 6.45) is 3.16. The van der Waals surface area contributed by atoms with Gasteiger partial charge in [0.1, 0.15) is 0 Å². The number of likely N-dealkylation sites (N-methyl/N-ethyl adjacent to an activating group) is 1. The monoisotopic (exact) mass is 282 g/mol. The van der Waals surface area contributed by atoms with Crippen LogP contribution in [-0.2, 0) is 13.1 Å². The molecule has 0 aliphatic carbocycles. The first-order valence-corrected chi connectivity index (χ1v) is 7.77. The first-order valence-electron chi connectivity index (χ1n) is 7.77. The summed E-state index contributed by atoms with van der Waals surface area (Å²) in [5.41, 5.74) is 6.39. The Labute approximate surface area is 122 Å². The van der Waals surface area contributed by atoms with Crippen LogP contribution in [0.3, 0.4) is 0 Å². The van der Waals surface area contributed by atoms with E-state index in [-0.39, 0.29) is 0 Å². The second kappa shape index (κ2) is 9.85. The van der Waals surface area contributed by atoms with Gasteiger partial charge in [0.05, 0.1) is 12.2 Å². The molecule has 0 amide bonds. The highest BCUT2D eigenvalue weighted by atomic mass is 15.4. The first-order chi connectivity index (χ1) is 9.73. The van der Waals surface area contributed by atoms with Crippen LogP contribution in [0.25, 0.3) is 0 Å². The summed E-state index contributed by atoms with van der Waals surface area (Å²) in [5.74, 6) is 0.